The van der Waals surface area contributed by atoms with Crippen molar-refractivity contribution in [3.05, 3.63) is 58.1 Å². The molecule has 1 N–H and O–H groups in total. The van der Waals surface area contributed by atoms with E-state index in [1.54, 1.807) is 7.05 Å². The molecule has 1 aliphatic carbocycles. The lowest BCUT2D eigenvalue weighted by Crippen LogP contribution is -2.41. The number of carbonyl (C=O) groups is 1. The Morgan fingerprint density at radius 2 is 1.97 bits per heavy atom. The van der Waals surface area contributed by atoms with Crippen molar-refractivity contribution in [1.29, 1.82) is 0 Å². The fourth-order valence-electron chi connectivity index (χ4n) is 3.28. The van der Waals surface area contributed by atoms with Crippen molar-refractivity contribution in [3.8, 4) is 11.5 Å². The Morgan fingerprint density at radius 1 is 1.29 bits per heavy atom. The highest BCUT2D eigenvalue weighted by Gasteiger charge is 2.32. The molecule has 0 aliphatic heterocycles. The number of hydrogen-bond acceptors (Lipinski definition) is 5. The number of benzene rings is 2. The van der Waals surface area contributed by atoms with Crippen LogP contribution in [-0.2, 0) is 22.7 Å². The molecule has 2 aromatic rings. The molecular formula is C25H31ClF2N2O4S. The van der Waals surface area contributed by atoms with Crippen molar-refractivity contribution in [2.24, 2.45) is 0 Å². The summed E-state index contributed by atoms with van der Waals surface area (Å²) in [5.74, 6) is -1.38. The Labute approximate surface area is 213 Å². The van der Waals surface area contributed by atoms with Gasteiger partial charge >= 0.3 is 6.09 Å². The van der Waals surface area contributed by atoms with Gasteiger partial charge in [-0.15, -0.1) is 4.72 Å². The van der Waals surface area contributed by atoms with E-state index in [9.17, 15) is 13.7 Å². The number of carbonyl (C=O) groups excluding carboxylic acids is 1. The highest BCUT2D eigenvalue weighted by molar-refractivity contribution is 7.90. The number of rotatable bonds is 9. The first-order valence-electron chi connectivity index (χ1n) is 11.4. The van der Waals surface area contributed by atoms with Crippen LogP contribution in [0.2, 0.25) is 5.02 Å². The summed E-state index contributed by atoms with van der Waals surface area (Å²) in [5, 5.41) is 0.0291. The number of hydrogen-bond donors (Lipinski definition) is 1. The molecule has 10 heteroatoms. The largest absolute Gasteiger partial charge is 0.598 e. The molecule has 1 aliphatic rings. The zero-order valence-electron chi connectivity index (χ0n) is 20.5. The van der Waals surface area contributed by atoms with Crippen molar-refractivity contribution in [2.75, 3.05) is 7.05 Å². The molecule has 35 heavy (non-hydrogen) atoms. The van der Waals surface area contributed by atoms with E-state index in [1.807, 2.05) is 27.7 Å². The summed E-state index contributed by atoms with van der Waals surface area (Å²) in [6, 6.07) is 6.48. The standard InChI is InChI=1S/C25H31ClF2N2O4S/c1-6-21(29-35(32)25(2,3)4)18-10-11-19(26)23(22(18)28)34-17-9-12-20(27)15(13-17)14-33-24(31)30(5)16-7-8-16/h9-13,16,21,29H,6-8,14H2,1-5H3/t21-,35-/m1/s1. The van der Waals surface area contributed by atoms with Crippen LogP contribution >= 0.6 is 11.6 Å². The molecule has 1 amide bonds. The second-order valence-electron chi connectivity index (χ2n) is 9.49. The van der Waals surface area contributed by atoms with Crippen molar-refractivity contribution in [1.82, 2.24) is 9.62 Å². The van der Waals surface area contributed by atoms with Crippen LogP contribution in [0.4, 0.5) is 13.6 Å². The zero-order chi connectivity index (χ0) is 25.9. The Bertz CT molecular complexity index is 1060. The summed E-state index contributed by atoms with van der Waals surface area (Å²) >= 11 is 4.81. The van der Waals surface area contributed by atoms with Gasteiger partial charge in [-0.05, 0) is 64.3 Å². The average Bonchev–Trinajstić information content (AvgIpc) is 3.64. The summed E-state index contributed by atoms with van der Waals surface area (Å²) in [6.07, 6.45) is 1.79. The summed E-state index contributed by atoms with van der Waals surface area (Å²) in [5.41, 5.74) is 0.338. The van der Waals surface area contributed by atoms with Crippen molar-refractivity contribution >= 4 is 29.1 Å². The van der Waals surface area contributed by atoms with Gasteiger partial charge in [0.15, 0.2) is 11.6 Å². The monoisotopic (exact) mass is 528 g/mol. The molecule has 0 unspecified atom stereocenters. The highest BCUT2D eigenvalue weighted by atomic mass is 35.5. The average molecular weight is 529 g/mol. The van der Waals surface area contributed by atoms with Gasteiger partial charge in [0.05, 0.1) is 11.1 Å². The van der Waals surface area contributed by atoms with E-state index in [-0.39, 0.29) is 40.3 Å². The second kappa shape index (κ2) is 11.3. The minimum atomic E-state index is -1.42. The van der Waals surface area contributed by atoms with Crippen molar-refractivity contribution in [2.45, 2.75) is 70.4 Å². The molecule has 1 fully saturated rings. The van der Waals surface area contributed by atoms with E-state index >= 15 is 4.39 Å². The topological polar surface area (TPSA) is 73.9 Å². The third-order valence-electron chi connectivity index (χ3n) is 5.64. The lowest BCUT2D eigenvalue weighted by molar-refractivity contribution is 0.101. The smallest absolute Gasteiger partial charge is 0.410 e. The van der Waals surface area contributed by atoms with Crippen LogP contribution in [0.25, 0.3) is 0 Å². The van der Waals surface area contributed by atoms with Gasteiger partial charge in [-0.3, -0.25) is 0 Å². The third-order valence-corrected chi connectivity index (χ3v) is 7.55. The molecule has 2 atom stereocenters. The maximum Gasteiger partial charge on any atom is 0.410 e. The number of ether oxygens (including phenoxy) is 2. The number of halogens is 3. The fraction of sp³-hybridized carbons (Fsp3) is 0.480. The molecule has 3 rings (SSSR count). The quantitative estimate of drug-likeness (QED) is 0.369. The first kappa shape index (κ1) is 27.5. The van der Waals surface area contributed by atoms with E-state index < -0.39 is 39.9 Å². The fourth-order valence-corrected chi connectivity index (χ4v) is 4.37. The maximum atomic E-state index is 15.5. The summed E-state index contributed by atoms with van der Waals surface area (Å²) < 4.78 is 55.8. The van der Waals surface area contributed by atoms with Gasteiger partial charge in [-0.1, -0.05) is 24.6 Å². The summed E-state index contributed by atoms with van der Waals surface area (Å²) in [4.78, 5) is 13.6. The van der Waals surface area contributed by atoms with Gasteiger partial charge in [0.25, 0.3) is 0 Å². The summed E-state index contributed by atoms with van der Waals surface area (Å²) in [6.45, 7) is 7.02. The lowest BCUT2D eigenvalue weighted by atomic mass is 10.0. The van der Waals surface area contributed by atoms with E-state index in [1.165, 1.54) is 29.2 Å². The van der Waals surface area contributed by atoms with Crippen LogP contribution in [0.15, 0.2) is 30.3 Å². The van der Waals surface area contributed by atoms with E-state index in [0.717, 1.165) is 18.9 Å². The molecule has 0 saturated heterocycles. The Morgan fingerprint density at radius 3 is 2.57 bits per heavy atom. The minimum Gasteiger partial charge on any atom is -0.598 e. The Kier molecular flexibility index (Phi) is 8.91. The molecule has 6 nitrogen and oxygen atoms in total. The molecule has 0 bridgehead atoms. The Hall–Kier alpha value is -2.07. The molecule has 0 radical (unpaired) electrons. The minimum absolute atomic E-state index is 0.0291. The number of amides is 1. The van der Waals surface area contributed by atoms with Crippen LogP contribution in [-0.4, -0.2) is 33.4 Å². The normalized spacial score (nSPS) is 15.5. The van der Waals surface area contributed by atoms with Crippen LogP contribution in [0, 0.1) is 11.6 Å². The van der Waals surface area contributed by atoms with Gasteiger partial charge in [0, 0.05) is 35.6 Å². The Balaban J connectivity index is 1.79. The lowest BCUT2D eigenvalue weighted by Gasteiger charge is -2.28. The van der Waals surface area contributed by atoms with Crippen molar-refractivity contribution < 1.29 is 27.6 Å². The van der Waals surface area contributed by atoms with E-state index in [4.69, 9.17) is 21.1 Å². The first-order chi connectivity index (χ1) is 16.4. The molecule has 192 valence electrons. The predicted molar refractivity (Wildman–Crippen MR) is 133 cm³/mol. The molecule has 0 aromatic heterocycles. The first-order valence-corrected chi connectivity index (χ1v) is 13.0. The number of nitrogens with zero attached hydrogens (tertiary/aromatic N) is 1. The SMILES string of the molecule is CC[C@@H](N[S@+]([O-])C(C)(C)C)c1ccc(Cl)c(Oc2ccc(F)c(COC(=O)N(C)C3CC3)c2)c1F. The highest BCUT2D eigenvalue weighted by Crippen LogP contribution is 2.37. The predicted octanol–water partition coefficient (Wildman–Crippen LogP) is 6.64. The van der Waals surface area contributed by atoms with E-state index in [2.05, 4.69) is 4.72 Å². The van der Waals surface area contributed by atoms with Crippen LogP contribution < -0.4 is 9.46 Å². The maximum absolute atomic E-state index is 15.5. The van der Waals surface area contributed by atoms with Crippen LogP contribution in [0.5, 0.6) is 11.5 Å². The van der Waals surface area contributed by atoms with Gasteiger partial charge in [-0.2, -0.15) is 0 Å². The van der Waals surface area contributed by atoms with Gasteiger partial charge in [0.1, 0.15) is 22.9 Å². The van der Waals surface area contributed by atoms with Gasteiger partial charge in [-0.25, -0.2) is 13.6 Å². The third kappa shape index (κ3) is 7.00. The molecule has 1 saturated carbocycles. The molecule has 0 heterocycles. The molecular weight excluding hydrogens is 498 g/mol. The van der Waals surface area contributed by atoms with Crippen LogP contribution in [0.3, 0.4) is 0 Å². The molecule has 0 spiro atoms. The zero-order valence-corrected chi connectivity index (χ0v) is 22.1. The summed E-state index contributed by atoms with van der Waals surface area (Å²) in [7, 11) is 1.64. The van der Waals surface area contributed by atoms with Gasteiger partial charge < -0.3 is 18.9 Å². The molecule has 2 aromatic carbocycles. The van der Waals surface area contributed by atoms with E-state index in [0.29, 0.717) is 6.42 Å². The second-order valence-corrected chi connectivity index (χ2v) is 11.9. The van der Waals surface area contributed by atoms with Gasteiger partial charge in [0.2, 0.25) is 0 Å². The number of nitrogens with one attached hydrogen (secondary N) is 1. The van der Waals surface area contributed by atoms with Crippen molar-refractivity contribution in [3.63, 3.8) is 0 Å². The van der Waals surface area contributed by atoms with Crippen LogP contribution in [0.1, 0.15) is 64.1 Å².